The predicted molar refractivity (Wildman–Crippen MR) is 73.2 cm³/mol. The highest BCUT2D eigenvalue weighted by atomic mass is 15.7. The Balaban J connectivity index is 2.35. The van der Waals surface area contributed by atoms with Gasteiger partial charge in [-0.3, -0.25) is 5.32 Å². The van der Waals surface area contributed by atoms with Crippen LogP contribution < -0.4 is 16.3 Å². The first-order valence-electron chi connectivity index (χ1n) is 6.74. The molecule has 0 spiro atoms. The minimum Gasteiger partial charge on any atom is -0.295 e. The summed E-state index contributed by atoms with van der Waals surface area (Å²) in [6.07, 6.45) is 4.05. The van der Waals surface area contributed by atoms with E-state index in [0.717, 1.165) is 6.54 Å². The number of hydrogen-bond acceptors (Lipinski definition) is 4. The maximum atomic E-state index is 3.67. The van der Waals surface area contributed by atoms with E-state index in [1.165, 1.54) is 19.3 Å². The van der Waals surface area contributed by atoms with Crippen molar-refractivity contribution in [3.63, 3.8) is 0 Å². The van der Waals surface area contributed by atoms with Gasteiger partial charge in [-0.2, -0.15) is 5.53 Å². The standard InChI is InChI=1S/C13H30N4/c1-7-12(2,3)8-9-13(4,5)14-11-10-17(6)16-15-11/h11,14-16H,7-10H2,1-6H3. The molecule has 1 heterocycles. The fourth-order valence-electron chi connectivity index (χ4n) is 2.01. The van der Waals surface area contributed by atoms with E-state index in [4.69, 9.17) is 0 Å². The van der Waals surface area contributed by atoms with Gasteiger partial charge in [0.15, 0.2) is 0 Å². The molecular weight excluding hydrogens is 212 g/mol. The van der Waals surface area contributed by atoms with Crippen molar-refractivity contribution in [2.24, 2.45) is 5.41 Å². The van der Waals surface area contributed by atoms with Gasteiger partial charge < -0.3 is 0 Å². The summed E-state index contributed by atoms with van der Waals surface area (Å²) in [5, 5.41) is 5.73. The van der Waals surface area contributed by atoms with E-state index < -0.39 is 0 Å². The topological polar surface area (TPSA) is 39.3 Å². The fraction of sp³-hybridized carbons (Fsp3) is 1.00. The molecule has 4 nitrogen and oxygen atoms in total. The van der Waals surface area contributed by atoms with Gasteiger partial charge in [0.2, 0.25) is 0 Å². The molecule has 1 saturated heterocycles. The SMILES string of the molecule is CCC(C)(C)CCC(C)(C)NC1CN(C)NN1. The highest BCUT2D eigenvalue weighted by Gasteiger charge is 2.28. The monoisotopic (exact) mass is 242 g/mol. The third-order valence-electron chi connectivity index (χ3n) is 3.83. The lowest BCUT2D eigenvalue weighted by molar-refractivity contribution is 0.233. The first kappa shape index (κ1) is 14.9. The predicted octanol–water partition coefficient (Wildman–Crippen LogP) is 1.85. The zero-order valence-electron chi connectivity index (χ0n) is 12.4. The molecule has 0 radical (unpaired) electrons. The van der Waals surface area contributed by atoms with Crippen molar-refractivity contribution >= 4 is 0 Å². The average Bonchev–Trinajstić information content (AvgIpc) is 2.61. The normalized spacial score (nSPS) is 23.3. The van der Waals surface area contributed by atoms with Gasteiger partial charge in [-0.25, -0.2) is 10.4 Å². The van der Waals surface area contributed by atoms with Gasteiger partial charge in [-0.15, -0.1) is 0 Å². The molecule has 0 saturated carbocycles. The average molecular weight is 242 g/mol. The maximum absolute atomic E-state index is 3.67. The molecule has 1 unspecified atom stereocenters. The lowest BCUT2D eigenvalue weighted by Crippen LogP contribution is -2.52. The number of rotatable bonds is 6. The van der Waals surface area contributed by atoms with Gasteiger partial charge in [-0.05, 0) is 32.1 Å². The lowest BCUT2D eigenvalue weighted by Gasteiger charge is -2.33. The van der Waals surface area contributed by atoms with E-state index in [1.54, 1.807) is 0 Å². The van der Waals surface area contributed by atoms with Crippen molar-refractivity contribution in [3.8, 4) is 0 Å². The van der Waals surface area contributed by atoms with Crippen molar-refractivity contribution in [1.82, 2.24) is 21.3 Å². The summed E-state index contributed by atoms with van der Waals surface area (Å²) < 4.78 is 0. The van der Waals surface area contributed by atoms with E-state index in [9.17, 15) is 0 Å². The summed E-state index contributed by atoms with van der Waals surface area (Å²) in [6, 6.07) is 0. The zero-order chi connectivity index (χ0) is 13.1. The Morgan fingerprint density at radius 1 is 1.24 bits per heavy atom. The summed E-state index contributed by atoms with van der Waals surface area (Å²) in [5.74, 6) is 0. The van der Waals surface area contributed by atoms with Gasteiger partial charge in [-0.1, -0.05) is 27.2 Å². The Bertz CT molecular complexity index is 238. The van der Waals surface area contributed by atoms with Crippen molar-refractivity contribution < 1.29 is 0 Å². The lowest BCUT2D eigenvalue weighted by atomic mass is 9.81. The molecule has 3 N–H and O–H groups in total. The van der Waals surface area contributed by atoms with E-state index in [-0.39, 0.29) is 5.54 Å². The van der Waals surface area contributed by atoms with E-state index in [1.807, 2.05) is 7.05 Å². The molecule has 0 bridgehead atoms. The minimum atomic E-state index is 0.178. The molecule has 4 heteroatoms. The van der Waals surface area contributed by atoms with E-state index in [2.05, 4.69) is 55.9 Å². The second-order valence-electron chi connectivity index (χ2n) is 6.74. The first-order chi connectivity index (χ1) is 7.74. The zero-order valence-corrected chi connectivity index (χ0v) is 12.4. The molecule has 1 fully saturated rings. The second-order valence-corrected chi connectivity index (χ2v) is 6.74. The van der Waals surface area contributed by atoms with Crippen molar-refractivity contribution in [2.45, 2.75) is 65.6 Å². The molecule has 0 aliphatic carbocycles. The van der Waals surface area contributed by atoms with Crippen LogP contribution in [0.5, 0.6) is 0 Å². The summed E-state index contributed by atoms with van der Waals surface area (Å²) in [5.41, 5.74) is 6.97. The molecule has 0 aromatic heterocycles. The van der Waals surface area contributed by atoms with Gasteiger partial charge in [0.05, 0.1) is 6.17 Å². The first-order valence-corrected chi connectivity index (χ1v) is 6.74. The van der Waals surface area contributed by atoms with Crippen LogP contribution in [0.3, 0.4) is 0 Å². The smallest absolute Gasteiger partial charge is 0.0864 e. The number of hydrogen-bond donors (Lipinski definition) is 3. The van der Waals surface area contributed by atoms with Crippen LogP contribution in [-0.2, 0) is 0 Å². The number of nitrogens with zero attached hydrogens (tertiary/aromatic N) is 1. The molecule has 1 aliphatic heterocycles. The van der Waals surface area contributed by atoms with Crippen LogP contribution in [-0.4, -0.2) is 30.3 Å². The Labute approximate surface area is 106 Å². The Hall–Kier alpha value is -0.160. The van der Waals surface area contributed by atoms with Crippen molar-refractivity contribution in [2.75, 3.05) is 13.6 Å². The van der Waals surface area contributed by atoms with E-state index in [0.29, 0.717) is 11.6 Å². The van der Waals surface area contributed by atoms with Crippen LogP contribution in [0.4, 0.5) is 0 Å². The third kappa shape index (κ3) is 5.34. The third-order valence-corrected chi connectivity index (χ3v) is 3.83. The number of hydrazine groups is 2. The summed E-state index contributed by atoms with van der Waals surface area (Å²) in [7, 11) is 2.04. The van der Waals surface area contributed by atoms with Crippen LogP contribution in [0.15, 0.2) is 0 Å². The Morgan fingerprint density at radius 3 is 2.35 bits per heavy atom. The van der Waals surface area contributed by atoms with Crippen LogP contribution >= 0.6 is 0 Å². The molecule has 1 rings (SSSR count). The maximum Gasteiger partial charge on any atom is 0.0864 e. The van der Waals surface area contributed by atoms with Gasteiger partial charge in [0.25, 0.3) is 0 Å². The van der Waals surface area contributed by atoms with Gasteiger partial charge in [0, 0.05) is 19.1 Å². The molecular formula is C13H30N4. The highest BCUT2D eigenvalue weighted by molar-refractivity contribution is 4.85. The number of likely N-dealkylation sites (N-methyl/N-ethyl adjacent to an activating group) is 1. The fourth-order valence-corrected chi connectivity index (χ4v) is 2.01. The second kappa shape index (κ2) is 5.65. The summed E-state index contributed by atoms with van der Waals surface area (Å²) >= 11 is 0. The van der Waals surface area contributed by atoms with Crippen molar-refractivity contribution in [1.29, 1.82) is 0 Å². The summed E-state index contributed by atoms with van der Waals surface area (Å²) in [6.45, 7) is 12.5. The van der Waals surface area contributed by atoms with Crippen LogP contribution in [0.1, 0.15) is 53.9 Å². The van der Waals surface area contributed by atoms with Crippen LogP contribution in [0.25, 0.3) is 0 Å². The van der Waals surface area contributed by atoms with Crippen LogP contribution in [0.2, 0.25) is 0 Å². The van der Waals surface area contributed by atoms with E-state index >= 15 is 0 Å². The molecule has 0 aromatic rings. The minimum absolute atomic E-state index is 0.178. The molecule has 0 aromatic carbocycles. The molecule has 102 valence electrons. The molecule has 0 amide bonds. The largest absolute Gasteiger partial charge is 0.295 e. The highest BCUT2D eigenvalue weighted by Crippen LogP contribution is 2.29. The molecule has 1 atom stereocenters. The quantitative estimate of drug-likeness (QED) is 0.665. The number of nitrogens with one attached hydrogen (secondary N) is 3. The molecule has 1 aliphatic rings. The Morgan fingerprint density at radius 2 is 1.88 bits per heavy atom. The Kier molecular flexibility index (Phi) is 4.95. The molecule has 17 heavy (non-hydrogen) atoms. The summed E-state index contributed by atoms with van der Waals surface area (Å²) in [4.78, 5) is 0. The van der Waals surface area contributed by atoms with Crippen LogP contribution in [0, 0.1) is 5.41 Å². The van der Waals surface area contributed by atoms with Crippen molar-refractivity contribution in [3.05, 3.63) is 0 Å². The van der Waals surface area contributed by atoms with Gasteiger partial charge >= 0.3 is 0 Å². The van der Waals surface area contributed by atoms with Gasteiger partial charge in [0.1, 0.15) is 0 Å².